The van der Waals surface area contributed by atoms with Crippen LogP contribution in [0.15, 0.2) is 71.8 Å². The van der Waals surface area contributed by atoms with Crippen molar-refractivity contribution in [2.45, 2.75) is 18.6 Å². The van der Waals surface area contributed by atoms with Crippen molar-refractivity contribution >= 4 is 22.8 Å². The fourth-order valence-electron chi connectivity index (χ4n) is 4.71. The molecule has 5 aromatic rings. The van der Waals surface area contributed by atoms with Gasteiger partial charge in [-0.2, -0.15) is 18.3 Å². The Labute approximate surface area is 228 Å². The van der Waals surface area contributed by atoms with Crippen molar-refractivity contribution in [3.63, 3.8) is 0 Å². The smallest absolute Gasteiger partial charge is 0.434 e. The van der Waals surface area contributed by atoms with Crippen molar-refractivity contribution in [1.82, 2.24) is 24.3 Å². The number of rotatable bonds is 6. The van der Waals surface area contributed by atoms with Crippen molar-refractivity contribution in [2.24, 2.45) is 0 Å². The molecule has 6 rings (SSSR count). The molecule has 0 aliphatic carbocycles. The van der Waals surface area contributed by atoms with Crippen LogP contribution in [0.5, 0.6) is 11.5 Å². The molecule has 4 heterocycles. The van der Waals surface area contributed by atoms with Crippen LogP contribution in [0.2, 0.25) is 0 Å². The molecule has 41 heavy (non-hydrogen) atoms. The van der Waals surface area contributed by atoms with E-state index < -0.39 is 34.8 Å². The average Bonchev–Trinajstić information content (AvgIpc) is 3.69. The predicted octanol–water partition coefficient (Wildman–Crippen LogP) is 5.07. The molecule has 210 valence electrons. The normalized spacial score (nSPS) is 15.4. The van der Waals surface area contributed by atoms with Crippen LogP contribution in [0.1, 0.15) is 28.5 Å². The first kappa shape index (κ1) is 26.3. The van der Waals surface area contributed by atoms with Gasteiger partial charge in [0.1, 0.15) is 5.52 Å². The fourth-order valence-corrected chi connectivity index (χ4v) is 4.71. The fraction of sp³-hybridized carbons (Fsp3) is 0.185. The Bertz CT molecular complexity index is 1810. The van der Waals surface area contributed by atoms with Gasteiger partial charge in [0, 0.05) is 30.6 Å². The first-order chi connectivity index (χ1) is 19.7. The Morgan fingerprint density at radius 3 is 2.63 bits per heavy atom. The van der Waals surface area contributed by atoms with Gasteiger partial charge in [-0.25, -0.2) is 18.9 Å². The molecule has 0 bridgehead atoms. The molecule has 1 unspecified atom stereocenters. The van der Waals surface area contributed by atoms with Crippen LogP contribution in [0.25, 0.3) is 16.9 Å². The predicted molar refractivity (Wildman–Crippen MR) is 138 cm³/mol. The van der Waals surface area contributed by atoms with Crippen molar-refractivity contribution in [3.05, 3.63) is 94.5 Å². The molecular formula is C27H20F4N6O4. The highest BCUT2D eigenvalue weighted by Gasteiger charge is 2.40. The number of pyridine rings is 1. The number of carbonyl (C=O) groups is 1. The van der Waals surface area contributed by atoms with E-state index in [1.54, 1.807) is 18.2 Å². The quantitative estimate of drug-likeness (QED) is 0.276. The average molecular weight is 568 g/mol. The van der Waals surface area contributed by atoms with Gasteiger partial charge in [0.2, 0.25) is 0 Å². The molecule has 1 amide bonds. The number of imidazole rings is 1. The number of carbonyl (C=O) groups excluding carboxylic acids is 1. The minimum absolute atomic E-state index is 0.109. The molecule has 14 heteroatoms. The van der Waals surface area contributed by atoms with E-state index in [1.807, 2.05) is 0 Å². The summed E-state index contributed by atoms with van der Waals surface area (Å²) in [6.45, 7) is 0.809. The molecule has 1 fully saturated rings. The van der Waals surface area contributed by atoms with Crippen LogP contribution < -0.4 is 15.7 Å². The van der Waals surface area contributed by atoms with Crippen molar-refractivity contribution in [1.29, 1.82) is 0 Å². The van der Waals surface area contributed by atoms with Gasteiger partial charge in [-0.1, -0.05) is 18.2 Å². The Hall–Kier alpha value is -4.98. The van der Waals surface area contributed by atoms with E-state index in [0.29, 0.717) is 29.8 Å². The molecular weight excluding hydrogens is 548 g/mol. The monoisotopic (exact) mass is 568 g/mol. The number of amides is 1. The Morgan fingerprint density at radius 2 is 1.93 bits per heavy atom. The molecule has 1 aliphatic rings. The summed E-state index contributed by atoms with van der Waals surface area (Å²) in [4.78, 5) is 32.3. The number of anilines is 1. The number of fused-ring (bicyclic) bond motifs is 1. The maximum Gasteiger partial charge on any atom is 0.434 e. The highest BCUT2D eigenvalue weighted by Crippen LogP contribution is 2.35. The summed E-state index contributed by atoms with van der Waals surface area (Å²) in [5.41, 5.74) is -1.82. The zero-order chi connectivity index (χ0) is 28.7. The summed E-state index contributed by atoms with van der Waals surface area (Å²) in [7, 11) is 0. The first-order valence-corrected chi connectivity index (χ1v) is 12.4. The van der Waals surface area contributed by atoms with Gasteiger partial charge in [0.15, 0.2) is 28.7 Å². The number of nitrogens with zero attached hydrogens (tertiary/aromatic N) is 4. The third kappa shape index (κ3) is 4.93. The summed E-state index contributed by atoms with van der Waals surface area (Å²) in [5, 5.41) is 6.04. The van der Waals surface area contributed by atoms with E-state index >= 15 is 4.39 Å². The third-order valence-corrected chi connectivity index (χ3v) is 6.54. The SMILES string of the molecule is O=C(Nc1ccc(Oc2ccnc3[nH]c(=O)n(C4CCOC4)c23)c(F)c1)c1cnn(-c2ccccc2)c1C(F)(F)F. The van der Waals surface area contributed by atoms with Crippen LogP contribution in [0.3, 0.4) is 0 Å². The number of hydrogen-bond donors (Lipinski definition) is 2. The van der Waals surface area contributed by atoms with E-state index in [0.717, 1.165) is 12.3 Å². The van der Waals surface area contributed by atoms with Gasteiger partial charge in [-0.15, -0.1) is 0 Å². The molecule has 1 saturated heterocycles. The molecule has 0 radical (unpaired) electrons. The summed E-state index contributed by atoms with van der Waals surface area (Å²) in [6, 6.07) is 12.2. The second kappa shape index (κ2) is 10.2. The van der Waals surface area contributed by atoms with Gasteiger partial charge in [-0.05, 0) is 30.7 Å². The highest BCUT2D eigenvalue weighted by molar-refractivity contribution is 6.05. The second-order valence-electron chi connectivity index (χ2n) is 9.18. The van der Waals surface area contributed by atoms with Gasteiger partial charge in [0.25, 0.3) is 5.91 Å². The number of halogens is 4. The van der Waals surface area contributed by atoms with Gasteiger partial charge in [0.05, 0.1) is 30.1 Å². The Morgan fingerprint density at radius 1 is 1.12 bits per heavy atom. The third-order valence-electron chi connectivity index (χ3n) is 6.54. The number of ether oxygens (including phenoxy) is 2. The maximum absolute atomic E-state index is 15.1. The van der Waals surface area contributed by atoms with Crippen LogP contribution in [-0.2, 0) is 10.9 Å². The zero-order valence-corrected chi connectivity index (χ0v) is 21.0. The summed E-state index contributed by atoms with van der Waals surface area (Å²) in [5.74, 6) is -2.12. The number of aromatic amines is 1. The minimum Gasteiger partial charge on any atom is -0.452 e. The van der Waals surface area contributed by atoms with Gasteiger partial charge >= 0.3 is 11.9 Å². The van der Waals surface area contributed by atoms with Crippen molar-refractivity contribution in [3.8, 4) is 17.2 Å². The number of alkyl halides is 3. The Balaban J connectivity index is 1.27. The lowest BCUT2D eigenvalue weighted by Crippen LogP contribution is -2.22. The number of para-hydroxylation sites is 1. The minimum atomic E-state index is -4.90. The molecule has 0 spiro atoms. The van der Waals surface area contributed by atoms with Gasteiger partial charge in [-0.3, -0.25) is 14.3 Å². The molecule has 3 aromatic heterocycles. The highest BCUT2D eigenvalue weighted by atomic mass is 19.4. The number of aromatic nitrogens is 5. The number of hydrogen-bond acceptors (Lipinski definition) is 6. The summed E-state index contributed by atoms with van der Waals surface area (Å²) >= 11 is 0. The molecule has 10 nitrogen and oxygen atoms in total. The van der Waals surface area contributed by atoms with Gasteiger partial charge < -0.3 is 14.8 Å². The lowest BCUT2D eigenvalue weighted by molar-refractivity contribution is -0.143. The van der Waals surface area contributed by atoms with Crippen molar-refractivity contribution < 1.29 is 31.8 Å². The molecule has 1 atom stereocenters. The second-order valence-corrected chi connectivity index (χ2v) is 9.18. The molecule has 0 saturated carbocycles. The molecule has 2 aromatic carbocycles. The standard InChI is InChI=1S/C27H20F4N6O4/c28-19-12-15(34-25(38)18-13-33-37(23(18)27(29,30)31)16-4-2-1-3-5-16)6-7-20(19)41-21-8-10-32-24-22(21)36(26(39)35-24)17-9-11-40-14-17/h1-8,10,12-13,17H,9,11,14H2,(H,34,38)(H,32,35,39). The topological polar surface area (TPSA) is 116 Å². The summed E-state index contributed by atoms with van der Waals surface area (Å²) in [6.07, 6.45) is -2.10. The van der Waals surface area contributed by atoms with E-state index in [4.69, 9.17) is 9.47 Å². The van der Waals surface area contributed by atoms with E-state index in [-0.39, 0.29) is 34.6 Å². The number of benzene rings is 2. The largest absolute Gasteiger partial charge is 0.452 e. The first-order valence-electron chi connectivity index (χ1n) is 12.4. The summed E-state index contributed by atoms with van der Waals surface area (Å²) < 4.78 is 70.2. The lowest BCUT2D eigenvalue weighted by Gasteiger charge is -2.14. The van der Waals surface area contributed by atoms with E-state index in [2.05, 4.69) is 20.4 Å². The number of nitrogens with one attached hydrogen (secondary N) is 2. The van der Waals surface area contributed by atoms with Crippen molar-refractivity contribution in [2.75, 3.05) is 18.5 Å². The maximum atomic E-state index is 15.1. The molecule has 1 aliphatic heterocycles. The molecule has 2 N–H and O–H groups in total. The Kier molecular flexibility index (Phi) is 6.53. The van der Waals surface area contributed by atoms with E-state index in [9.17, 15) is 22.8 Å². The lowest BCUT2D eigenvalue weighted by atomic mass is 10.2. The van der Waals surface area contributed by atoms with Crippen LogP contribution in [0, 0.1) is 5.82 Å². The van der Waals surface area contributed by atoms with Crippen LogP contribution in [-0.4, -0.2) is 43.4 Å². The van der Waals surface area contributed by atoms with E-state index in [1.165, 1.54) is 41.1 Å². The van der Waals surface area contributed by atoms with Crippen LogP contribution in [0.4, 0.5) is 23.2 Å². The number of H-pyrrole nitrogens is 1. The zero-order valence-electron chi connectivity index (χ0n) is 21.0. The van der Waals surface area contributed by atoms with Crippen LogP contribution >= 0.6 is 0 Å².